The zero-order chi connectivity index (χ0) is 53.8. The zero-order valence-corrected chi connectivity index (χ0v) is 43.0. The molecule has 0 radical (unpaired) electrons. The maximum atomic E-state index is 15.2. The summed E-state index contributed by atoms with van der Waals surface area (Å²) in [4.78, 5) is 87.9. The minimum Gasteiger partial charge on any atom is -0.508 e. The number of rotatable bonds is 23. The zero-order valence-electron chi connectivity index (χ0n) is 43.0. The lowest BCUT2D eigenvalue weighted by Crippen LogP contribution is -2.57. The van der Waals surface area contributed by atoms with Crippen LogP contribution in [0.5, 0.6) is 5.75 Å². The Morgan fingerprint density at radius 2 is 1.07 bits per heavy atom. The molecule has 4 atom stereocenters. The number of aliphatic carboxylic acids is 1. The molecule has 0 fully saturated rings. The molecule has 76 heavy (non-hydrogen) atoms. The van der Waals surface area contributed by atoms with Crippen LogP contribution in [0, 0.1) is 5.92 Å². The number of fused-ring (bicyclic) bond motifs is 3. The predicted octanol–water partition coefficient (Wildman–Crippen LogP) is 10.2. The van der Waals surface area contributed by atoms with Crippen LogP contribution in [0.3, 0.4) is 0 Å². The van der Waals surface area contributed by atoms with E-state index in [9.17, 15) is 34.2 Å². The molecule has 0 saturated heterocycles. The van der Waals surface area contributed by atoms with Crippen molar-refractivity contribution in [2.24, 2.45) is 5.92 Å². The van der Waals surface area contributed by atoms with Crippen LogP contribution in [0.2, 0.25) is 0 Å². The van der Waals surface area contributed by atoms with Crippen molar-refractivity contribution >= 4 is 35.4 Å². The number of amides is 3. The highest BCUT2D eigenvalue weighted by molar-refractivity contribution is 5.95. The van der Waals surface area contributed by atoms with Crippen LogP contribution < -0.4 is 5.32 Å². The lowest BCUT2D eigenvalue weighted by molar-refractivity contribution is -0.149. The van der Waals surface area contributed by atoms with Crippen molar-refractivity contribution in [3.05, 3.63) is 233 Å². The van der Waals surface area contributed by atoms with Crippen molar-refractivity contribution in [3.8, 4) is 16.9 Å². The largest absolute Gasteiger partial charge is 0.508 e. The summed E-state index contributed by atoms with van der Waals surface area (Å²) in [6.07, 6.45) is -1.48. The van der Waals surface area contributed by atoms with Crippen molar-refractivity contribution < 1.29 is 43.7 Å². The Labute approximate surface area is 444 Å². The summed E-state index contributed by atoms with van der Waals surface area (Å²) in [5.41, 5.74) is 7.21. The molecule has 0 aromatic heterocycles. The average molecular weight is 1020 g/mol. The van der Waals surface area contributed by atoms with Crippen LogP contribution in [0.4, 0.5) is 4.79 Å². The van der Waals surface area contributed by atoms with Crippen LogP contribution in [0.15, 0.2) is 194 Å². The Morgan fingerprint density at radius 3 is 1.58 bits per heavy atom. The smallest absolute Gasteiger partial charge is 0.407 e. The molecule has 12 nitrogen and oxygen atoms in total. The molecule has 0 spiro atoms. The summed E-state index contributed by atoms with van der Waals surface area (Å²) >= 11 is 0. The molecule has 0 saturated carbocycles. The number of benzene rings is 7. The van der Waals surface area contributed by atoms with E-state index < -0.39 is 59.1 Å². The van der Waals surface area contributed by atoms with E-state index in [1.165, 1.54) is 43.0 Å². The molecule has 0 unspecified atom stereocenters. The molecule has 3 amide bonds. The number of carbonyl (C=O) groups is 6. The summed E-state index contributed by atoms with van der Waals surface area (Å²) < 4.78 is 5.98. The fourth-order valence-electron chi connectivity index (χ4n) is 10.5. The predicted molar refractivity (Wildman–Crippen MR) is 292 cm³/mol. The van der Waals surface area contributed by atoms with Crippen LogP contribution in [0.25, 0.3) is 11.1 Å². The lowest BCUT2D eigenvalue weighted by Gasteiger charge is -2.36. The van der Waals surface area contributed by atoms with Crippen molar-refractivity contribution in [1.82, 2.24) is 15.1 Å². The van der Waals surface area contributed by atoms with Gasteiger partial charge in [0.1, 0.15) is 30.2 Å². The van der Waals surface area contributed by atoms with Gasteiger partial charge in [0.2, 0.25) is 11.8 Å². The molecular weight excluding hydrogens is 955 g/mol. The maximum Gasteiger partial charge on any atom is 0.407 e. The fourth-order valence-corrected chi connectivity index (χ4v) is 10.5. The summed E-state index contributed by atoms with van der Waals surface area (Å²) in [5, 5.41) is 22.7. The quantitative estimate of drug-likeness (QED) is 0.0528. The third kappa shape index (κ3) is 12.3. The minimum atomic E-state index is -1.35. The Hall–Kier alpha value is -8.64. The summed E-state index contributed by atoms with van der Waals surface area (Å²) in [7, 11) is 2.91. The van der Waals surface area contributed by atoms with E-state index in [4.69, 9.17) is 4.74 Å². The van der Waals surface area contributed by atoms with Gasteiger partial charge in [-0.15, -0.1) is 0 Å². The number of alkyl carbamates (subject to hydrolysis) is 1. The molecule has 1 aliphatic rings. The van der Waals surface area contributed by atoms with Gasteiger partial charge in [0, 0.05) is 45.7 Å². The standard InChI is InChI=1S/C64H63N3O9/c1-43(59(70)40-46(62(73)74)38-45-32-34-50(68)35-33-45)66(2)61(72)58(39-44-20-8-4-9-21-44)67(3)60(71)57(65-63(75)76-42-56-54-30-18-16-28-52(54)53-29-17-19-31-55(53)56)37-36-51(69)41-64(47-22-10-5-11-23-47,48-24-12-6-13-25-48)49-26-14-7-15-27-49/h4-35,43,46,56-58,68H,36-42H2,1-3H3,(H,65,75)(H,73,74)/t43-,46+,57-,58-/m0/s1. The molecule has 388 valence electrons. The number of Topliss-reactive ketones (excluding diaryl/α,β-unsaturated/α-hetero) is 2. The Balaban J connectivity index is 1.07. The monoisotopic (exact) mass is 1020 g/mol. The van der Waals surface area contributed by atoms with E-state index in [0.29, 0.717) is 11.1 Å². The number of likely N-dealkylation sites (N-methyl/N-ethyl adjacent to an activating group) is 2. The van der Waals surface area contributed by atoms with Crippen molar-refractivity contribution in [1.29, 1.82) is 0 Å². The van der Waals surface area contributed by atoms with Gasteiger partial charge in [-0.1, -0.05) is 182 Å². The van der Waals surface area contributed by atoms with Gasteiger partial charge < -0.3 is 30.1 Å². The van der Waals surface area contributed by atoms with E-state index in [2.05, 4.69) is 5.32 Å². The number of nitrogens with one attached hydrogen (secondary N) is 1. The molecule has 3 N–H and O–H groups in total. The van der Waals surface area contributed by atoms with E-state index in [1.54, 1.807) is 12.1 Å². The second-order valence-electron chi connectivity index (χ2n) is 19.6. The molecule has 12 heteroatoms. The number of hydrogen-bond acceptors (Lipinski definition) is 8. The molecule has 0 bridgehead atoms. The highest BCUT2D eigenvalue weighted by atomic mass is 16.5. The van der Waals surface area contributed by atoms with Crippen molar-refractivity contribution in [2.75, 3.05) is 20.7 Å². The summed E-state index contributed by atoms with van der Waals surface area (Å²) in [6.45, 7) is 1.49. The molecular formula is C64H63N3O9. The van der Waals surface area contributed by atoms with Gasteiger partial charge in [0.25, 0.3) is 0 Å². The normalized spacial score (nSPS) is 13.5. The van der Waals surface area contributed by atoms with E-state index in [0.717, 1.165) is 38.9 Å². The minimum absolute atomic E-state index is 0.0198. The molecule has 7 aromatic rings. The van der Waals surface area contributed by atoms with Crippen LogP contribution in [-0.4, -0.2) is 94.3 Å². The van der Waals surface area contributed by atoms with Gasteiger partial charge in [0.05, 0.1) is 17.4 Å². The number of phenolic OH excluding ortho intramolecular Hbond substituents is 1. The average Bonchev–Trinajstić information content (AvgIpc) is 3.78. The van der Waals surface area contributed by atoms with Gasteiger partial charge in [-0.05, 0) is 82.0 Å². The summed E-state index contributed by atoms with van der Waals surface area (Å²) in [6, 6.07) is 56.8. The number of aromatic hydroxyl groups is 1. The number of carbonyl (C=O) groups excluding carboxylic acids is 5. The summed E-state index contributed by atoms with van der Waals surface area (Å²) in [5.74, 6) is -4.49. The number of ketones is 2. The first-order valence-corrected chi connectivity index (χ1v) is 25.7. The number of hydrogen-bond donors (Lipinski definition) is 3. The van der Waals surface area contributed by atoms with Crippen LogP contribution in [-0.2, 0) is 47.0 Å². The number of carboxylic acids is 1. The number of carboxylic acid groups (broad SMARTS) is 1. The van der Waals surface area contributed by atoms with E-state index in [-0.39, 0.29) is 62.6 Å². The second kappa shape index (κ2) is 24.6. The molecule has 8 rings (SSSR count). The van der Waals surface area contributed by atoms with Gasteiger partial charge >= 0.3 is 12.1 Å². The van der Waals surface area contributed by atoms with Crippen LogP contribution >= 0.6 is 0 Å². The highest BCUT2D eigenvalue weighted by Gasteiger charge is 2.41. The van der Waals surface area contributed by atoms with Gasteiger partial charge in [0.15, 0.2) is 5.78 Å². The topological polar surface area (TPSA) is 171 Å². The Morgan fingerprint density at radius 1 is 0.592 bits per heavy atom. The van der Waals surface area contributed by atoms with E-state index >= 15 is 4.79 Å². The Bertz CT molecular complexity index is 2990. The molecule has 0 heterocycles. The third-order valence-corrected chi connectivity index (χ3v) is 14.9. The van der Waals surface area contributed by atoms with Crippen LogP contribution in [0.1, 0.15) is 77.5 Å². The first-order valence-electron chi connectivity index (χ1n) is 25.7. The SMILES string of the molecule is C[C@@H](C(=O)C[C@@H](Cc1ccc(O)cc1)C(=O)O)N(C)C(=O)[C@H](Cc1ccccc1)N(C)C(=O)[C@H](CCC(=O)CC(c1ccccc1)(c1ccccc1)c1ccccc1)NC(=O)OCC1c2ccccc2-c2ccccc21. The van der Waals surface area contributed by atoms with Gasteiger partial charge in [-0.3, -0.25) is 24.0 Å². The first-order chi connectivity index (χ1) is 36.7. The number of phenols is 1. The molecule has 1 aliphatic carbocycles. The second-order valence-corrected chi connectivity index (χ2v) is 19.6. The number of ether oxygens (including phenoxy) is 1. The third-order valence-electron chi connectivity index (χ3n) is 14.9. The van der Waals surface area contributed by atoms with Crippen molar-refractivity contribution in [2.45, 2.75) is 74.9 Å². The van der Waals surface area contributed by atoms with Gasteiger partial charge in [-0.2, -0.15) is 0 Å². The maximum absolute atomic E-state index is 15.2. The first kappa shape index (κ1) is 53.6. The lowest BCUT2D eigenvalue weighted by atomic mass is 9.66. The fraction of sp³-hybridized carbons (Fsp3) is 0.250. The molecule has 7 aromatic carbocycles. The highest BCUT2D eigenvalue weighted by Crippen LogP contribution is 2.45. The molecule has 0 aliphatic heterocycles. The number of nitrogens with zero attached hydrogens (tertiary/aromatic N) is 2. The van der Waals surface area contributed by atoms with E-state index in [1.807, 2.05) is 170 Å². The Kier molecular flexibility index (Phi) is 17.4. The van der Waals surface area contributed by atoms with Gasteiger partial charge in [-0.25, -0.2) is 4.79 Å². The van der Waals surface area contributed by atoms with Crippen molar-refractivity contribution in [3.63, 3.8) is 0 Å².